The number of hydrogen-bond acceptors (Lipinski definition) is 5. The normalized spacial score (nSPS) is 19.6. The summed E-state index contributed by atoms with van der Waals surface area (Å²) >= 11 is 0. The van der Waals surface area contributed by atoms with E-state index in [0.717, 1.165) is 18.6 Å². The summed E-state index contributed by atoms with van der Waals surface area (Å²) in [7, 11) is -3.92. The first kappa shape index (κ1) is 19.7. The van der Waals surface area contributed by atoms with E-state index in [-0.39, 0.29) is 11.4 Å². The number of amides is 1. The third-order valence-corrected chi connectivity index (χ3v) is 6.91. The van der Waals surface area contributed by atoms with Gasteiger partial charge >= 0.3 is 0 Å². The highest BCUT2D eigenvalue weighted by atomic mass is 32.2. The van der Waals surface area contributed by atoms with Crippen LogP contribution in [0.4, 0.5) is 10.1 Å². The minimum atomic E-state index is -3.92. The number of sulfonamides is 1. The van der Waals surface area contributed by atoms with Crippen LogP contribution >= 0.6 is 0 Å². The predicted octanol–water partition coefficient (Wildman–Crippen LogP) is 2.78. The van der Waals surface area contributed by atoms with Crippen LogP contribution in [-0.4, -0.2) is 44.4 Å². The Morgan fingerprint density at radius 2 is 1.76 bits per heavy atom. The highest BCUT2D eigenvalue weighted by molar-refractivity contribution is 7.89. The average molecular weight is 420 g/mol. The van der Waals surface area contributed by atoms with Gasteiger partial charge in [0, 0.05) is 18.3 Å². The number of anilines is 1. The SMILES string of the molecule is O=C(Nc1ccc2c(c1)OCCO2)C1CCCCN1S(=O)(=O)c1ccc(F)cc1. The van der Waals surface area contributed by atoms with Crippen molar-refractivity contribution < 1.29 is 27.1 Å². The molecule has 2 aliphatic rings. The Morgan fingerprint density at radius 1 is 1.03 bits per heavy atom. The largest absolute Gasteiger partial charge is 0.486 e. The number of halogens is 1. The quantitative estimate of drug-likeness (QED) is 0.822. The van der Waals surface area contributed by atoms with Crippen molar-refractivity contribution in [2.45, 2.75) is 30.2 Å². The molecule has 2 aliphatic heterocycles. The van der Waals surface area contributed by atoms with Gasteiger partial charge in [-0.3, -0.25) is 4.79 Å². The molecule has 1 N–H and O–H groups in total. The first-order valence-electron chi connectivity index (χ1n) is 9.43. The number of carbonyl (C=O) groups excluding carboxylic acids is 1. The van der Waals surface area contributed by atoms with Gasteiger partial charge in [-0.1, -0.05) is 6.42 Å². The zero-order valence-corrected chi connectivity index (χ0v) is 16.5. The molecule has 2 heterocycles. The lowest BCUT2D eigenvalue weighted by molar-refractivity contribution is -0.120. The lowest BCUT2D eigenvalue weighted by Crippen LogP contribution is -2.49. The van der Waals surface area contributed by atoms with Crippen molar-refractivity contribution in [3.05, 3.63) is 48.3 Å². The maximum atomic E-state index is 13.2. The molecule has 9 heteroatoms. The Morgan fingerprint density at radius 3 is 2.52 bits per heavy atom. The third kappa shape index (κ3) is 4.06. The summed E-state index contributed by atoms with van der Waals surface area (Å²) in [5.41, 5.74) is 0.504. The summed E-state index contributed by atoms with van der Waals surface area (Å²) in [4.78, 5) is 12.9. The second-order valence-electron chi connectivity index (χ2n) is 6.93. The first-order valence-corrected chi connectivity index (χ1v) is 10.9. The fraction of sp³-hybridized carbons (Fsp3) is 0.350. The van der Waals surface area contributed by atoms with Crippen molar-refractivity contribution in [2.24, 2.45) is 0 Å². The summed E-state index contributed by atoms with van der Waals surface area (Å²) in [6.07, 6.45) is 1.82. The van der Waals surface area contributed by atoms with Crippen molar-refractivity contribution in [3.8, 4) is 11.5 Å². The lowest BCUT2D eigenvalue weighted by Gasteiger charge is -2.33. The van der Waals surface area contributed by atoms with E-state index < -0.39 is 27.8 Å². The number of hydrogen-bond donors (Lipinski definition) is 1. The van der Waals surface area contributed by atoms with Crippen molar-refractivity contribution >= 4 is 21.6 Å². The molecule has 154 valence electrons. The molecule has 1 amide bonds. The van der Waals surface area contributed by atoms with E-state index in [4.69, 9.17) is 9.47 Å². The van der Waals surface area contributed by atoms with Gasteiger partial charge in [0.25, 0.3) is 0 Å². The molecule has 0 saturated carbocycles. The van der Waals surface area contributed by atoms with Gasteiger partial charge in [-0.15, -0.1) is 0 Å². The number of piperidine rings is 1. The minimum absolute atomic E-state index is 0.0297. The smallest absolute Gasteiger partial charge is 0.243 e. The van der Waals surface area contributed by atoms with E-state index in [0.29, 0.717) is 43.2 Å². The molecule has 1 saturated heterocycles. The fourth-order valence-electron chi connectivity index (χ4n) is 3.54. The van der Waals surface area contributed by atoms with E-state index in [1.54, 1.807) is 18.2 Å². The predicted molar refractivity (Wildman–Crippen MR) is 104 cm³/mol. The molecule has 29 heavy (non-hydrogen) atoms. The van der Waals surface area contributed by atoms with Gasteiger partial charge in [-0.05, 0) is 49.2 Å². The molecule has 0 bridgehead atoms. The molecular formula is C20H21FN2O5S. The summed E-state index contributed by atoms with van der Waals surface area (Å²) in [6.45, 7) is 1.13. The van der Waals surface area contributed by atoms with Gasteiger partial charge in [0.1, 0.15) is 25.1 Å². The van der Waals surface area contributed by atoms with Crippen LogP contribution in [0.5, 0.6) is 11.5 Å². The Kier molecular flexibility index (Phi) is 5.42. The topological polar surface area (TPSA) is 84.9 Å². The van der Waals surface area contributed by atoms with Gasteiger partial charge in [-0.2, -0.15) is 4.31 Å². The van der Waals surface area contributed by atoms with Gasteiger partial charge in [0.05, 0.1) is 4.90 Å². The molecule has 1 unspecified atom stereocenters. The fourth-order valence-corrected chi connectivity index (χ4v) is 5.20. The van der Waals surface area contributed by atoms with Crippen LogP contribution in [-0.2, 0) is 14.8 Å². The van der Waals surface area contributed by atoms with Crippen LogP contribution in [0, 0.1) is 5.82 Å². The van der Waals surface area contributed by atoms with Crippen LogP contribution in [0.1, 0.15) is 19.3 Å². The van der Waals surface area contributed by atoms with Crippen molar-refractivity contribution in [1.82, 2.24) is 4.31 Å². The number of benzene rings is 2. The van der Waals surface area contributed by atoms with E-state index in [9.17, 15) is 17.6 Å². The van der Waals surface area contributed by atoms with Gasteiger partial charge in [0.15, 0.2) is 11.5 Å². The first-order chi connectivity index (χ1) is 13.9. The highest BCUT2D eigenvalue weighted by Gasteiger charge is 2.37. The molecule has 0 spiro atoms. The number of fused-ring (bicyclic) bond motifs is 1. The highest BCUT2D eigenvalue weighted by Crippen LogP contribution is 2.33. The Bertz CT molecular complexity index is 1010. The van der Waals surface area contributed by atoms with Crippen molar-refractivity contribution in [2.75, 3.05) is 25.1 Å². The molecule has 2 aromatic rings. The Balaban J connectivity index is 1.55. The van der Waals surface area contributed by atoms with Crippen molar-refractivity contribution in [1.29, 1.82) is 0 Å². The number of ether oxygens (including phenoxy) is 2. The molecule has 0 aromatic heterocycles. The molecule has 0 radical (unpaired) electrons. The van der Waals surface area contributed by atoms with Crippen LogP contribution < -0.4 is 14.8 Å². The second kappa shape index (κ2) is 8.00. The summed E-state index contributed by atoms with van der Waals surface area (Å²) in [5, 5.41) is 2.78. The van der Waals surface area contributed by atoms with Crippen LogP contribution in [0.3, 0.4) is 0 Å². The van der Waals surface area contributed by atoms with Gasteiger partial charge in [0.2, 0.25) is 15.9 Å². The minimum Gasteiger partial charge on any atom is -0.486 e. The molecule has 2 aromatic carbocycles. The number of nitrogens with zero attached hydrogens (tertiary/aromatic N) is 1. The molecule has 1 atom stereocenters. The number of rotatable bonds is 4. The summed E-state index contributed by atoms with van der Waals surface area (Å²) in [6, 6.07) is 8.85. The van der Waals surface area contributed by atoms with Gasteiger partial charge < -0.3 is 14.8 Å². The molecular weight excluding hydrogens is 399 g/mol. The average Bonchev–Trinajstić information content (AvgIpc) is 2.74. The van der Waals surface area contributed by atoms with E-state index in [1.165, 1.54) is 16.4 Å². The molecule has 7 nitrogen and oxygen atoms in total. The van der Waals surface area contributed by atoms with Crippen LogP contribution in [0.25, 0.3) is 0 Å². The lowest BCUT2D eigenvalue weighted by atomic mass is 10.0. The maximum Gasteiger partial charge on any atom is 0.243 e. The van der Waals surface area contributed by atoms with E-state index in [2.05, 4.69) is 5.32 Å². The monoisotopic (exact) mass is 420 g/mol. The van der Waals surface area contributed by atoms with Gasteiger partial charge in [-0.25, -0.2) is 12.8 Å². The van der Waals surface area contributed by atoms with E-state index in [1.807, 2.05) is 0 Å². The van der Waals surface area contributed by atoms with Crippen LogP contribution in [0.2, 0.25) is 0 Å². The zero-order valence-electron chi connectivity index (χ0n) is 15.6. The second-order valence-corrected chi connectivity index (χ2v) is 8.82. The molecule has 0 aliphatic carbocycles. The zero-order chi connectivity index (χ0) is 20.4. The van der Waals surface area contributed by atoms with Crippen LogP contribution in [0.15, 0.2) is 47.4 Å². The molecule has 1 fully saturated rings. The summed E-state index contributed by atoms with van der Waals surface area (Å²) < 4.78 is 51.5. The number of nitrogens with one attached hydrogen (secondary N) is 1. The van der Waals surface area contributed by atoms with E-state index >= 15 is 0 Å². The Hall–Kier alpha value is -2.65. The molecule has 4 rings (SSSR count). The maximum absolute atomic E-state index is 13.2. The third-order valence-electron chi connectivity index (χ3n) is 4.99. The van der Waals surface area contributed by atoms with Crippen molar-refractivity contribution in [3.63, 3.8) is 0 Å². The number of carbonyl (C=O) groups is 1. The Labute approximate surface area is 168 Å². The summed E-state index contributed by atoms with van der Waals surface area (Å²) in [5.74, 6) is 0.212. The standard InChI is InChI=1S/C20H21FN2O5S/c21-14-4-7-16(8-5-14)29(25,26)23-10-2-1-3-17(23)20(24)22-15-6-9-18-19(13-15)28-12-11-27-18/h4-9,13,17H,1-3,10-12H2,(H,22,24).